The predicted octanol–water partition coefficient (Wildman–Crippen LogP) is 6.13. The summed E-state index contributed by atoms with van der Waals surface area (Å²) in [4.78, 5) is 0. The lowest BCUT2D eigenvalue weighted by atomic mass is 9.66. The molecule has 0 N–H and O–H groups in total. The van der Waals surface area contributed by atoms with E-state index < -0.39 is 0 Å². The number of unbranched alkanes of at least 4 members (excludes halogenated alkanes) is 4. The Morgan fingerprint density at radius 1 is 0.826 bits per heavy atom. The molecule has 0 aliphatic heterocycles. The van der Waals surface area contributed by atoms with Crippen LogP contribution in [-0.2, 0) is 9.47 Å². The van der Waals surface area contributed by atoms with Crippen LogP contribution in [0.2, 0.25) is 0 Å². The highest BCUT2D eigenvalue weighted by Crippen LogP contribution is 2.46. The molecule has 2 nitrogen and oxygen atoms in total. The molecular formula is C21H40O2. The van der Waals surface area contributed by atoms with Gasteiger partial charge in [-0.05, 0) is 63.2 Å². The maximum atomic E-state index is 6.15. The average molecular weight is 325 g/mol. The molecule has 2 aliphatic carbocycles. The SMILES string of the molecule is CCCCCCCC1CCC(OC)(C2CCC(OC)CC2)CC1. The molecule has 0 atom stereocenters. The van der Waals surface area contributed by atoms with E-state index in [1.807, 2.05) is 14.2 Å². The molecule has 23 heavy (non-hydrogen) atoms. The standard InChI is InChI=1S/C21H40O2/c1-4-5-6-7-8-9-18-14-16-21(23-3,17-15-18)19-10-12-20(22-2)13-11-19/h18-20H,4-17H2,1-3H3. The Kier molecular flexibility index (Phi) is 8.40. The van der Waals surface area contributed by atoms with Gasteiger partial charge in [0, 0.05) is 14.2 Å². The van der Waals surface area contributed by atoms with Gasteiger partial charge in [-0.2, -0.15) is 0 Å². The van der Waals surface area contributed by atoms with Gasteiger partial charge in [-0.3, -0.25) is 0 Å². The van der Waals surface area contributed by atoms with Gasteiger partial charge in [0.2, 0.25) is 0 Å². The summed E-state index contributed by atoms with van der Waals surface area (Å²) in [6, 6.07) is 0. The van der Waals surface area contributed by atoms with Gasteiger partial charge >= 0.3 is 0 Å². The van der Waals surface area contributed by atoms with Gasteiger partial charge in [-0.1, -0.05) is 45.4 Å². The van der Waals surface area contributed by atoms with E-state index in [0.717, 1.165) is 11.8 Å². The van der Waals surface area contributed by atoms with Crippen molar-refractivity contribution in [1.29, 1.82) is 0 Å². The summed E-state index contributed by atoms with van der Waals surface area (Å²) in [5.41, 5.74) is 0.192. The molecular weight excluding hydrogens is 284 g/mol. The molecule has 2 heteroatoms. The maximum Gasteiger partial charge on any atom is 0.0707 e. The molecule has 0 aromatic heterocycles. The lowest BCUT2D eigenvalue weighted by molar-refractivity contribution is -0.111. The molecule has 2 rings (SSSR count). The monoisotopic (exact) mass is 324 g/mol. The first-order valence-corrected chi connectivity index (χ1v) is 10.3. The van der Waals surface area contributed by atoms with Crippen molar-refractivity contribution in [2.45, 2.75) is 109 Å². The smallest absolute Gasteiger partial charge is 0.0707 e. The van der Waals surface area contributed by atoms with Gasteiger partial charge in [-0.25, -0.2) is 0 Å². The summed E-state index contributed by atoms with van der Waals surface area (Å²) in [6.45, 7) is 2.30. The highest BCUT2D eigenvalue weighted by Gasteiger charge is 2.43. The van der Waals surface area contributed by atoms with Crippen molar-refractivity contribution in [3.63, 3.8) is 0 Å². The number of ether oxygens (including phenoxy) is 2. The molecule has 0 saturated heterocycles. The van der Waals surface area contributed by atoms with Crippen LogP contribution in [0, 0.1) is 11.8 Å². The van der Waals surface area contributed by atoms with Crippen LogP contribution in [0.1, 0.15) is 96.8 Å². The van der Waals surface area contributed by atoms with Gasteiger partial charge in [0.1, 0.15) is 0 Å². The highest BCUT2D eigenvalue weighted by atomic mass is 16.5. The summed E-state index contributed by atoms with van der Waals surface area (Å²) in [7, 11) is 3.83. The first-order chi connectivity index (χ1) is 11.2. The molecule has 2 saturated carbocycles. The molecule has 2 fully saturated rings. The highest BCUT2D eigenvalue weighted by molar-refractivity contribution is 4.94. The van der Waals surface area contributed by atoms with E-state index in [2.05, 4.69) is 6.92 Å². The van der Waals surface area contributed by atoms with E-state index in [0.29, 0.717) is 6.10 Å². The fourth-order valence-corrected chi connectivity index (χ4v) is 5.10. The van der Waals surface area contributed by atoms with Crippen LogP contribution in [0.5, 0.6) is 0 Å². The average Bonchev–Trinajstić information content (AvgIpc) is 2.62. The van der Waals surface area contributed by atoms with Crippen LogP contribution in [-0.4, -0.2) is 25.9 Å². The van der Waals surface area contributed by atoms with Crippen molar-refractivity contribution in [2.24, 2.45) is 11.8 Å². The number of hydrogen-bond acceptors (Lipinski definition) is 2. The Balaban J connectivity index is 1.72. The number of rotatable bonds is 9. The molecule has 0 spiro atoms. The second-order valence-electron chi connectivity index (χ2n) is 8.12. The zero-order valence-corrected chi connectivity index (χ0v) is 15.9. The summed E-state index contributed by atoms with van der Waals surface area (Å²) in [5, 5.41) is 0. The Hall–Kier alpha value is -0.0800. The number of methoxy groups -OCH3 is 2. The van der Waals surface area contributed by atoms with Crippen LogP contribution in [0.4, 0.5) is 0 Å². The normalized spacial score (nSPS) is 35.3. The molecule has 2 aliphatic rings. The van der Waals surface area contributed by atoms with E-state index >= 15 is 0 Å². The summed E-state index contributed by atoms with van der Waals surface area (Å²) in [5.74, 6) is 1.74. The summed E-state index contributed by atoms with van der Waals surface area (Å²) in [6.07, 6.45) is 19.5. The van der Waals surface area contributed by atoms with Gasteiger partial charge in [-0.15, -0.1) is 0 Å². The second-order valence-corrected chi connectivity index (χ2v) is 8.12. The van der Waals surface area contributed by atoms with Crippen LogP contribution in [0.3, 0.4) is 0 Å². The van der Waals surface area contributed by atoms with Gasteiger partial charge in [0.05, 0.1) is 11.7 Å². The second kappa shape index (κ2) is 10.0. The Morgan fingerprint density at radius 3 is 2.04 bits per heavy atom. The van der Waals surface area contributed by atoms with Crippen LogP contribution in [0.25, 0.3) is 0 Å². The third-order valence-electron chi connectivity index (χ3n) is 6.83. The zero-order chi connectivity index (χ0) is 16.5. The quantitative estimate of drug-likeness (QED) is 0.475. The fourth-order valence-electron chi connectivity index (χ4n) is 5.10. The molecule has 0 bridgehead atoms. The van der Waals surface area contributed by atoms with Crippen molar-refractivity contribution in [3.05, 3.63) is 0 Å². The molecule has 0 radical (unpaired) electrons. The van der Waals surface area contributed by atoms with Crippen molar-refractivity contribution in [2.75, 3.05) is 14.2 Å². The zero-order valence-electron chi connectivity index (χ0n) is 15.9. The third kappa shape index (κ3) is 5.46. The summed E-state index contributed by atoms with van der Waals surface area (Å²) < 4.78 is 11.7. The fraction of sp³-hybridized carbons (Fsp3) is 1.00. The van der Waals surface area contributed by atoms with Crippen LogP contribution >= 0.6 is 0 Å². The molecule has 0 amide bonds. The lowest BCUT2D eigenvalue weighted by Crippen LogP contribution is -2.45. The van der Waals surface area contributed by atoms with E-state index in [9.17, 15) is 0 Å². The van der Waals surface area contributed by atoms with Gasteiger partial charge < -0.3 is 9.47 Å². The lowest BCUT2D eigenvalue weighted by Gasteiger charge is -2.47. The molecule has 136 valence electrons. The number of hydrogen-bond donors (Lipinski definition) is 0. The Labute approximate surface area is 144 Å². The van der Waals surface area contributed by atoms with Crippen molar-refractivity contribution in [1.82, 2.24) is 0 Å². The van der Waals surface area contributed by atoms with Crippen molar-refractivity contribution >= 4 is 0 Å². The van der Waals surface area contributed by atoms with Crippen LogP contribution in [0.15, 0.2) is 0 Å². The maximum absolute atomic E-state index is 6.15. The van der Waals surface area contributed by atoms with Crippen molar-refractivity contribution in [3.8, 4) is 0 Å². The van der Waals surface area contributed by atoms with E-state index in [4.69, 9.17) is 9.47 Å². The minimum atomic E-state index is 0.192. The Bertz CT molecular complexity index is 299. The summed E-state index contributed by atoms with van der Waals surface area (Å²) >= 11 is 0. The minimum Gasteiger partial charge on any atom is -0.381 e. The van der Waals surface area contributed by atoms with E-state index in [1.165, 1.54) is 89.9 Å². The molecule has 0 aromatic carbocycles. The third-order valence-corrected chi connectivity index (χ3v) is 6.83. The molecule has 0 unspecified atom stereocenters. The molecule has 0 aromatic rings. The largest absolute Gasteiger partial charge is 0.381 e. The Morgan fingerprint density at radius 2 is 1.48 bits per heavy atom. The first kappa shape index (κ1) is 19.2. The van der Waals surface area contributed by atoms with Crippen LogP contribution < -0.4 is 0 Å². The van der Waals surface area contributed by atoms with Gasteiger partial charge in [0.15, 0.2) is 0 Å². The first-order valence-electron chi connectivity index (χ1n) is 10.3. The van der Waals surface area contributed by atoms with Crippen molar-refractivity contribution < 1.29 is 9.47 Å². The predicted molar refractivity (Wildman–Crippen MR) is 97.8 cm³/mol. The topological polar surface area (TPSA) is 18.5 Å². The van der Waals surface area contributed by atoms with E-state index in [-0.39, 0.29) is 5.60 Å². The van der Waals surface area contributed by atoms with E-state index in [1.54, 1.807) is 0 Å². The van der Waals surface area contributed by atoms with Gasteiger partial charge in [0.25, 0.3) is 0 Å². The minimum absolute atomic E-state index is 0.192. The molecule has 0 heterocycles.